The number of rotatable bonds is 2. The second kappa shape index (κ2) is 9.32. The molecule has 0 aliphatic rings. The smallest absolute Gasteiger partial charge is 0.201 e. The minimum atomic E-state index is 0.104. The molecule has 0 N–H and O–H groups in total. The third-order valence-electron chi connectivity index (χ3n) is 8.39. The van der Waals surface area contributed by atoms with Crippen molar-refractivity contribution in [2.45, 2.75) is 0 Å². The lowest BCUT2D eigenvalue weighted by Gasteiger charge is -2.19. The summed E-state index contributed by atoms with van der Waals surface area (Å²) in [5, 5.41) is 6.96. The van der Waals surface area contributed by atoms with E-state index in [1.807, 2.05) is 54.6 Å². The van der Waals surface area contributed by atoms with Crippen molar-refractivity contribution in [2.75, 3.05) is 0 Å². The quantitative estimate of drug-likeness (QED) is 0.152. The summed E-state index contributed by atoms with van der Waals surface area (Å²) >= 11 is 0. The summed E-state index contributed by atoms with van der Waals surface area (Å²) in [7, 11) is 0. The van der Waals surface area contributed by atoms with Crippen molar-refractivity contribution in [1.29, 1.82) is 0 Å². The van der Waals surface area contributed by atoms with E-state index in [-0.39, 0.29) is 17.1 Å². The number of fused-ring (bicyclic) bond motifs is 11. The Balaban J connectivity index is 1.82. The minimum Gasteiger partial charge on any atom is -0.311 e. The third kappa shape index (κ3) is 3.34. The summed E-state index contributed by atoms with van der Waals surface area (Å²) < 4.78 is 2.22. The first-order valence-electron chi connectivity index (χ1n) is 13.9. The van der Waals surface area contributed by atoms with Gasteiger partial charge in [-0.25, -0.2) is 0 Å². The Morgan fingerprint density at radius 1 is 0.465 bits per heavy atom. The number of benzene rings is 6. The minimum absolute atomic E-state index is 0.104. The Morgan fingerprint density at radius 2 is 1.00 bits per heavy atom. The van der Waals surface area contributed by atoms with E-state index < -0.39 is 0 Å². The lowest BCUT2D eigenvalue weighted by molar-refractivity contribution is 1.29. The van der Waals surface area contributed by atoms with Crippen molar-refractivity contribution in [1.82, 2.24) is 4.40 Å². The van der Waals surface area contributed by atoms with Gasteiger partial charge in [-0.3, -0.25) is 14.5 Å². The maximum absolute atomic E-state index is 8.32. The van der Waals surface area contributed by atoms with Crippen LogP contribution in [-0.2, 0) is 0 Å². The highest BCUT2D eigenvalue weighted by Crippen LogP contribution is 2.52. The molecule has 8 rings (SSSR count). The maximum atomic E-state index is 8.32. The molecule has 0 saturated carbocycles. The van der Waals surface area contributed by atoms with Gasteiger partial charge in [0.1, 0.15) is 0 Å². The molecule has 0 fully saturated rings. The molecule has 0 saturated heterocycles. The van der Waals surface area contributed by atoms with Crippen LogP contribution in [0.5, 0.6) is 0 Å². The van der Waals surface area contributed by atoms with E-state index in [1.54, 1.807) is 0 Å². The highest BCUT2D eigenvalue weighted by atomic mass is 14.9. The summed E-state index contributed by atoms with van der Waals surface area (Å²) in [5.41, 5.74) is 6.39. The highest BCUT2D eigenvalue weighted by Gasteiger charge is 2.26. The summed E-state index contributed by atoms with van der Waals surface area (Å²) in [5.74, 6) is 0. The SMILES string of the molecule is [C-]#[N+]c1cc2c(c([N+]#[C-])c1[N+]#[C-])c1c3ccccc3c3ccccc3c1c1c(-c3ccccc3)cc(-c3ccccc3)n21. The van der Waals surface area contributed by atoms with Crippen LogP contribution in [0.3, 0.4) is 0 Å². The summed E-state index contributed by atoms with van der Waals surface area (Å²) in [6.07, 6.45) is 0. The molecule has 4 heteroatoms. The topological polar surface area (TPSA) is 17.5 Å². The first-order valence-corrected chi connectivity index (χ1v) is 13.9. The Labute approximate surface area is 247 Å². The molecule has 0 aliphatic carbocycles. The number of hydrogen-bond donors (Lipinski definition) is 0. The zero-order chi connectivity index (χ0) is 29.1. The molecule has 0 radical (unpaired) electrons. The second-order valence-corrected chi connectivity index (χ2v) is 10.5. The van der Waals surface area contributed by atoms with Gasteiger partial charge in [-0.1, -0.05) is 109 Å². The number of pyridine rings is 1. The lowest BCUT2D eigenvalue weighted by atomic mass is 9.90. The fourth-order valence-corrected chi connectivity index (χ4v) is 6.67. The maximum Gasteiger partial charge on any atom is 0.201 e. The molecule has 2 aromatic heterocycles. The van der Waals surface area contributed by atoms with Crippen LogP contribution in [0.2, 0.25) is 0 Å². The monoisotopic (exact) mass is 544 g/mol. The Hall–Kier alpha value is -6.41. The first-order chi connectivity index (χ1) is 21.2. The van der Waals surface area contributed by atoms with Crippen LogP contribution in [0.1, 0.15) is 0 Å². The van der Waals surface area contributed by atoms with E-state index in [2.05, 4.69) is 85.7 Å². The molecular weight excluding hydrogens is 524 g/mol. The fourth-order valence-electron chi connectivity index (χ4n) is 6.67. The van der Waals surface area contributed by atoms with Crippen LogP contribution in [-0.4, -0.2) is 4.40 Å². The Bertz CT molecular complexity index is 2570. The van der Waals surface area contributed by atoms with Gasteiger partial charge in [0.15, 0.2) is 11.4 Å². The molecule has 4 nitrogen and oxygen atoms in total. The lowest BCUT2D eigenvalue weighted by Crippen LogP contribution is -1.96. The molecule has 196 valence electrons. The average Bonchev–Trinajstić information content (AvgIpc) is 3.48. The van der Waals surface area contributed by atoms with Crippen LogP contribution in [0.25, 0.3) is 85.7 Å². The van der Waals surface area contributed by atoms with Crippen LogP contribution in [0.4, 0.5) is 17.1 Å². The fraction of sp³-hybridized carbons (Fsp3) is 0. The first kappa shape index (κ1) is 24.4. The predicted molar refractivity (Wildman–Crippen MR) is 177 cm³/mol. The van der Waals surface area contributed by atoms with Gasteiger partial charge in [-0.05, 0) is 55.6 Å². The van der Waals surface area contributed by atoms with Gasteiger partial charge in [0.05, 0.1) is 30.9 Å². The van der Waals surface area contributed by atoms with Gasteiger partial charge in [-0.2, -0.15) is 0 Å². The standard InChI is InChI=1S/C39H20N4/c1-40-31-23-33-36(38(42-3)37(31)41-2)34-28-20-12-10-18-26(28)27-19-11-13-21-29(27)35(34)39-30(24-14-6-4-7-15-24)22-32(43(33)39)25-16-8-5-9-17-25/h4-23H. The molecular formula is C39H20N4. The van der Waals surface area contributed by atoms with E-state index >= 15 is 0 Å². The summed E-state index contributed by atoms with van der Waals surface area (Å²) in [4.78, 5) is 11.5. The van der Waals surface area contributed by atoms with Crippen molar-refractivity contribution >= 4 is 65.8 Å². The molecule has 8 aromatic rings. The zero-order valence-electron chi connectivity index (χ0n) is 22.8. The van der Waals surface area contributed by atoms with Crippen LogP contribution in [0, 0.1) is 19.7 Å². The Morgan fingerprint density at radius 3 is 1.58 bits per heavy atom. The van der Waals surface area contributed by atoms with E-state index in [0.717, 1.165) is 65.7 Å². The molecule has 0 bridgehead atoms. The van der Waals surface area contributed by atoms with Crippen molar-refractivity contribution in [2.24, 2.45) is 0 Å². The van der Waals surface area contributed by atoms with E-state index in [4.69, 9.17) is 19.7 Å². The van der Waals surface area contributed by atoms with Gasteiger partial charge < -0.3 is 4.40 Å². The molecule has 6 aromatic carbocycles. The van der Waals surface area contributed by atoms with Gasteiger partial charge in [0.2, 0.25) is 5.69 Å². The van der Waals surface area contributed by atoms with Gasteiger partial charge in [0, 0.05) is 16.5 Å². The molecule has 0 amide bonds. The Kier molecular flexibility index (Phi) is 5.29. The van der Waals surface area contributed by atoms with Gasteiger partial charge in [0.25, 0.3) is 0 Å². The number of hydrogen-bond acceptors (Lipinski definition) is 0. The largest absolute Gasteiger partial charge is 0.311 e. The average molecular weight is 545 g/mol. The second-order valence-electron chi connectivity index (χ2n) is 10.5. The van der Waals surface area contributed by atoms with Crippen molar-refractivity contribution in [3.8, 4) is 22.4 Å². The van der Waals surface area contributed by atoms with Crippen LogP contribution < -0.4 is 0 Å². The van der Waals surface area contributed by atoms with E-state index in [1.165, 1.54) is 0 Å². The normalized spacial score (nSPS) is 11.2. The number of nitrogens with zero attached hydrogens (tertiary/aromatic N) is 4. The molecule has 43 heavy (non-hydrogen) atoms. The van der Waals surface area contributed by atoms with Gasteiger partial charge in [-0.15, -0.1) is 0 Å². The molecule has 0 atom stereocenters. The van der Waals surface area contributed by atoms with Gasteiger partial charge >= 0.3 is 0 Å². The molecule has 0 aliphatic heterocycles. The predicted octanol–water partition coefficient (Wildman–Crippen LogP) is 11.5. The van der Waals surface area contributed by atoms with Crippen molar-refractivity contribution in [3.05, 3.63) is 156 Å². The third-order valence-corrected chi connectivity index (χ3v) is 8.39. The van der Waals surface area contributed by atoms with Crippen molar-refractivity contribution < 1.29 is 0 Å². The summed E-state index contributed by atoms with van der Waals surface area (Å²) in [6, 6.07) is 41.4. The van der Waals surface area contributed by atoms with Crippen LogP contribution in [0.15, 0.2) is 121 Å². The van der Waals surface area contributed by atoms with Crippen molar-refractivity contribution in [3.63, 3.8) is 0 Å². The molecule has 2 heterocycles. The van der Waals surface area contributed by atoms with E-state index in [0.29, 0.717) is 5.39 Å². The number of aromatic nitrogens is 1. The molecule has 0 unspecified atom stereocenters. The van der Waals surface area contributed by atoms with Crippen LogP contribution >= 0.6 is 0 Å². The summed E-state index contributed by atoms with van der Waals surface area (Å²) in [6.45, 7) is 24.3. The highest BCUT2D eigenvalue weighted by molar-refractivity contribution is 6.38. The molecule has 0 spiro atoms. The zero-order valence-corrected chi connectivity index (χ0v) is 22.8. The van der Waals surface area contributed by atoms with E-state index in [9.17, 15) is 0 Å².